The van der Waals surface area contributed by atoms with Crippen LogP contribution >= 0.6 is 11.6 Å². The van der Waals surface area contributed by atoms with Crippen molar-refractivity contribution in [2.24, 2.45) is 0 Å². The van der Waals surface area contributed by atoms with E-state index in [1.807, 2.05) is 36.4 Å². The minimum Gasteiger partial charge on any atom is -0.493 e. The lowest BCUT2D eigenvalue weighted by Crippen LogP contribution is -2.37. The van der Waals surface area contributed by atoms with E-state index in [1.165, 1.54) is 6.20 Å². The molecule has 0 aliphatic carbocycles. The van der Waals surface area contributed by atoms with E-state index in [1.54, 1.807) is 11.7 Å². The van der Waals surface area contributed by atoms with Crippen molar-refractivity contribution in [1.82, 2.24) is 14.5 Å². The summed E-state index contributed by atoms with van der Waals surface area (Å²) in [7, 11) is 1.61. The molecule has 0 saturated carbocycles. The molecule has 0 bridgehead atoms. The highest BCUT2D eigenvalue weighted by Gasteiger charge is 2.13. The molecule has 0 unspecified atom stereocenters. The zero-order valence-electron chi connectivity index (χ0n) is 18.3. The lowest BCUT2D eigenvalue weighted by molar-refractivity contribution is 0.0357. The molecule has 32 heavy (non-hydrogen) atoms. The monoisotopic (exact) mass is 457 g/mol. The standard InChI is InChI=1S/C24H28ClN3O4/c1-30-22-15-20-21(16-23(22)32-12-2-8-27-10-13-31-14-11-27)28(24(29)17-26-20)9-7-18-3-5-19(25)6-4-18/h3-6,15-17H,2,7-14H2,1H3. The number of aryl methyl sites for hydroxylation is 2. The van der Waals surface area contributed by atoms with E-state index in [-0.39, 0.29) is 5.56 Å². The maximum atomic E-state index is 12.6. The normalized spacial score (nSPS) is 14.6. The third-order valence-corrected chi connectivity index (χ3v) is 5.90. The summed E-state index contributed by atoms with van der Waals surface area (Å²) in [4.78, 5) is 19.3. The Kier molecular flexibility index (Phi) is 7.63. The molecule has 170 valence electrons. The molecule has 0 atom stereocenters. The minimum atomic E-state index is -0.144. The van der Waals surface area contributed by atoms with Gasteiger partial charge in [-0.15, -0.1) is 0 Å². The summed E-state index contributed by atoms with van der Waals surface area (Å²) in [6.07, 6.45) is 2.96. The van der Waals surface area contributed by atoms with Crippen molar-refractivity contribution < 1.29 is 14.2 Å². The van der Waals surface area contributed by atoms with Crippen molar-refractivity contribution in [3.8, 4) is 11.5 Å². The first-order valence-electron chi connectivity index (χ1n) is 10.9. The Labute approximate surface area is 192 Å². The van der Waals surface area contributed by atoms with E-state index >= 15 is 0 Å². The summed E-state index contributed by atoms with van der Waals surface area (Å²) in [5.74, 6) is 1.23. The first kappa shape index (κ1) is 22.6. The van der Waals surface area contributed by atoms with E-state index in [4.69, 9.17) is 25.8 Å². The fourth-order valence-corrected chi connectivity index (χ4v) is 3.99. The van der Waals surface area contributed by atoms with Crippen LogP contribution in [0, 0.1) is 0 Å². The Morgan fingerprint density at radius 2 is 1.88 bits per heavy atom. The molecule has 1 saturated heterocycles. The Balaban J connectivity index is 1.50. The number of hydrogen-bond acceptors (Lipinski definition) is 6. The molecule has 2 aromatic carbocycles. The van der Waals surface area contributed by atoms with E-state index in [2.05, 4.69) is 9.88 Å². The highest BCUT2D eigenvalue weighted by atomic mass is 35.5. The van der Waals surface area contributed by atoms with E-state index in [0.717, 1.165) is 50.3 Å². The van der Waals surface area contributed by atoms with Crippen molar-refractivity contribution in [3.63, 3.8) is 0 Å². The molecule has 1 aromatic heterocycles. The van der Waals surface area contributed by atoms with Crippen molar-refractivity contribution in [3.05, 3.63) is 63.5 Å². The molecule has 1 aliphatic rings. The molecule has 0 radical (unpaired) electrons. The first-order chi connectivity index (χ1) is 15.6. The number of nitrogens with zero attached hydrogens (tertiary/aromatic N) is 3. The molecule has 0 N–H and O–H groups in total. The van der Waals surface area contributed by atoms with Crippen LogP contribution in [0.1, 0.15) is 12.0 Å². The Bertz CT molecular complexity index is 1090. The third-order valence-electron chi connectivity index (χ3n) is 5.65. The average Bonchev–Trinajstić information content (AvgIpc) is 2.82. The van der Waals surface area contributed by atoms with Crippen LogP contribution in [-0.4, -0.2) is 61.0 Å². The predicted molar refractivity (Wildman–Crippen MR) is 125 cm³/mol. The van der Waals surface area contributed by atoms with Crippen molar-refractivity contribution in [2.45, 2.75) is 19.4 Å². The number of fused-ring (bicyclic) bond motifs is 1. The Hall–Kier alpha value is -2.61. The largest absolute Gasteiger partial charge is 0.493 e. The van der Waals surface area contributed by atoms with Crippen LogP contribution in [0.2, 0.25) is 5.02 Å². The maximum Gasteiger partial charge on any atom is 0.269 e. The highest BCUT2D eigenvalue weighted by molar-refractivity contribution is 6.30. The highest BCUT2D eigenvalue weighted by Crippen LogP contribution is 2.31. The van der Waals surface area contributed by atoms with Gasteiger partial charge in [0.2, 0.25) is 0 Å². The molecule has 0 spiro atoms. The number of morpholine rings is 1. The molecule has 4 rings (SSSR count). The summed E-state index contributed by atoms with van der Waals surface area (Å²) in [5, 5.41) is 0.697. The fourth-order valence-electron chi connectivity index (χ4n) is 3.86. The van der Waals surface area contributed by atoms with Gasteiger partial charge in [0.15, 0.2) is 11.5 Å². The zero-order chi connectivity index (χ0) is 22.3. The molecule has 8 heteroatoms. The molecular weight excluding hydrogens is 430 g/mol. The van der Waals surface area contributed by atoms with Crippen LogP contribution in [0.4, 0.5) is 0 Å². The van der Waals surface area contributed by atoms with Gasteiger partial charge in [-0.05, 0) is 30.5 Å². The third kappa shape index (κ3) is 5.59. The van der Waals surface area contributed by atoms with Crippen LogP contribution in [0.3, 0.4) is 0 Å². The van der Waals surface area contributed by atoms with Crippen molar-refractivity contribution >= 4 is 22.6 Å². The van der Waals surface area contributed by atoms with E-state index in [9.17, 15) is 4.79 Å². The number of hydrogen-bond donors (Lipinski definition) is 0. The first-order valence-corrected chi connectivity index (χ1v) is 11.3. The predicted octanol–water partition coefficient (Wildman–Crippen LogP) is 3.40. The number of aromatic nitrogens is 2. The summed E-state index contributed by atoms with van der Waals surface area (Å²) in [6.45, 7) is 5.57. The number of rotatable bonds is 9. The van der Waals surface area contributed by atoms with Crippen LogP contribution in [0.15, 0.2) is 47.4 Å². The molecule has 3 aromatic rings. The second-order valence-electron chi connectivity index (χ2n) is 7.77. The summed E-state index contributed by atoms with van der Waals surface area (Å²) < 4.78 is 18.7. The number of ether oxygens (including phenoxy) is 3. The van der Waals surface area contributed by atoms with Gasteiger partial charge < -0.3 is 18.8 Å². The second kappa shape index (κ2) is 10.8. The van der Waals surface area contributed by atoms with Gasteiger partial charge in [0, 0.05) is 43.3 Å². The minimum absolute atomic E-state index is 0.144. The molecule has 1 fully saturated rings. The number of benzene rings is 2. The summed E-state index contributed by atoms with van der Waals surface area (Å²) in [6, 6.07) is 11.4. The average molecular weight is 458 g/mol. The summed E-state index contributed by atoms with van der Waals surface area (Å²) in [5.41, 5.74) is 2.39. The van der Waals surface area contributed by atoms with Gasteiger partial charge in [-0.25, -0.2) is 4.98 Å². The van der Waals surface area contributed by atoms with Gasteiger partial charge in [0.25, 0.3) is 5.56 Å². The summed E-state index contributed by atoms with van der Waals surface area (Å²) >= 11 is 5.98. The van der Waals surface area contributed by atoms with E-state index < -0.39 is 0 Å². The van der Waals surface area contributed by atoms with Crippen LogP contribution < -0.4 is 15.0 Å². The maximum absolute atomic E-state index is 12.6. The molecule has 0 amide bonds. The lowest BCUT2D eigenvalue weighted by atomic mass is 10.1. The second-order valence-corrected chi connectivity index (χ2v) is 8.21. The van der Waals surface area contributed by atoms with Crippen LogP contribution in [0.25, 0.3) is 11.0 Å². The Morgan fingerprint density at radius 3 is 2.62 bits per heavy atom. The molecule has 1 aliphatic heterocycles. The zero-order valence-corrected chi connectivity index (χ0v) is 19.0. The van der Waals surface area contributed by atoms with Crippen molar-refractivity contribution in [2.75, 3.05) is 46.6 Å². The molecule has 2 heterocycles. The van der Waals surface area contributed by atoms with E-state index in [0.29, 0.717) is 41.6 Å². The number of halogens is 1. The smallest absolute Gasteiger partial charge is 0.269 e. The van der Waals surface area contributed by atoms with Crippen LogP contribution in [-0.2, 0) is 17.7 Å². The molecular formula is C24H28ClN3O4. The quantitative estimate of drug-likeness (QED) is 0.459. The van der Waals surface area contributed by atoms with Gasteiger partial charge in [-0.2, -0.15) is 0 Å². The van der Waals surface area contributed by atoms with Gasteiger partial charge in [-0.1, -0.05) is 23.7 Å². The topological polar surface area (TPSA) is 65.8 Å². The fraction of sp³-hybridized carbons (Fsp3) is 0.417. The van der Waals surface area contributed by atoms with Gasteiger partial charge in [-0.3, -0.25) is 9.69 Å². The van der Waals surface area contributed by atoms with Gasteiger partial charge in [0.05, 0.1) is 44.2 Å². The van der Waals surface area contributed by atoms with Gasteiger partial charge in [0.1, 0.15) is 0 Å². The number of methoxy groups -OCH3 is 1. The van der Waals surface area contributed by atoms with Crippen LogP contribution in [0.5, 0.6) is 11.5 Å². The van der Waals surface area contributed by atoms with Gasteiger partial charge >= 0.3 is 0 Å². The SMILES string of the molecule is COc1cc2ncc(=O)n(CCc3ccc(Cl)cc3)c2cc1OCCCN1CCOCC1. The van der Waals surface area contributed by atoms with Crippen molar-refractivity contribution in [1.29, 1.82) is 0 Å². The Morgan fingerprint density at radius 1 is 1.09 bits per heavy atom. The lowest BCUT2D eigenvalue weighted by Gasteiger charge is -2.26. The molecule has 7 nitrogen and oxygen atoms in total.